The molecule has 1 unspecified atom stereocenters. The second-order valence-corrected chi connectivity index (χ2v) is 8.99. The van der Waals surface area contributed by atoms with E-state index in [-0.39, 0.29) is 0 Å². The molecule has 0 aliphatic heterocycles. The lowest BCUT2D eigenvalue weighted by atomic mass is 10.2. The van der Waals surface area contributed by atoms with Gasteiger partial charge in [0.2, 0.25) is 0 Å². The fourth-order valence-electron chi connectivity index (χ4n) is 1.34. The van der Waals surface area contributed by atoms with Crippen LogP contribution in [0.3, 0.4) is 0 Å². The van der Waals surface area contributed by atoms with Gasteiger partial charge in [-0.25, -0.2) is 0 Å². The van der Waals surface area contributed by atoms with E-state index >= 15 is 0 Å². The van der Waals surface area contributed by atoms with Gasteiger partial charge in [0, 0.05) is 19.8 Å². The molecule has 0 bridgehead atoms. The molecule has 0 N–H and O–H groups in total. The van der Waals surface area contributed by atoms with Crippen LogP contribution in [0.4, 0.5) is 0 Å². The standard InChI is InChI=1S/C10H24O2Si/c1-10(12-13(3,4)5)8-6-7-9-11-2/h10H,6-9H2,1-5H3. The molecule has 0 spiro atoms. The van der Waals surface area contributed by atoms with Crippen LogP contribution in [0.2, 0.25) is 19.6 Å². The maximum atomic E-state index is 5.92. The third kappa shape index (κ3) is 10.1. The monoisotopic (exact) mass is 204 g/mol. The molecule has 0 radical (unpaired) electrons. The molecule has 0 aromatic heterocycles. The molecule has 0 amide bonds. The maximum absolute atomic E-state index is 5.92. The second kappa shape index (κ2) is 6.57. The zero-order valence-corrected chi connectivity index (χ0v) is 10.7. The average Bonchev–Trinajstić information content (AvgIpc) is 1.94. The van der Waals surface area contributed by atoms with Crippen molar-refractivity contribution in [1.29, 1.82) is 0 Å². The minimum atomic E-state index is -1.32. The molecule has 80 valence electrons. The van der Waals surface area contributed by atoms with E-state index in [2.05, 4.69) is 26.6 Å². The summed E-state index contributed by atoms with van der Waals surface area (Å²) in [4.78, 5) is 0. The average molecular weight is 204 g/mol. The number of hydrogen-bond donors (Lipinski definition) is 0. The molecule has 0 fully saturated rings. The topological polar surface area (TPSA) is 18.5 Å². The van der Waals surface area contributed by atoms with Crippen molar-refractivity contribution >= 4 is 8.32 Å². The Hall–Kier alpha value is 0.137. The van der Waals surface area contributed by atoms with Crippen molar-refractivity contribution in [2.75, 3.05) is 13.7 Å². The fourth-order valence-corrected chi connectivity index (χ4v) is 2.67. The Kier molecular flexibility index (Phi) is 6.64. The van der Waals surface area contributed by atoms with Crippen LogP contribution >= 0.6 is 0 Å². The number of rotatable bonds is 7. The highest BCUT2D eigenvalue weighted by atomic mass is 28.4. The molecule has 0 aromatic carbocycles. The molecule has 3 heteroatoms. The first-order valence-electron chi connectivity index (χ1n) is 5.12. The SMILES string of the molecule is COCCCCC(C)O[Si](C)(C)C. The summed E-state index contributed by atoms with van der Waals surface area (Å²) >= 11 is 0. The first-order valence-corrected chi connectivity index (χ1v) is 8.53. The van der Waals surface area contributed by atoms with Gasteiger partial charge in [0.25, 0.3) is 0 Å². The predicted molar refractivity (Wildman–Crippen MR) is 59.6 cm³/mol. The summed E-state index contributed by atoms with van der Waals surface area (Å²) in [6.07, 6.45) is 3.94. The summed E-state index contributed by atoms with van der Waals surface area (Å²) in [5, 5.41) is 0. The number of methoxy groups -OCH3 is 1. The van der Waals surface area contributed by atoms with E-state index in [1.165, 1.54) is 6.42 Å². The van der Waals surface area contributed by atoms with E-state index in [0.29, 0.717) is 6.10 Å². The summed E-state index contributed by atoms with van der Waals surface area (Å²) in [5.74, 6) is 0. The third-order valence-corrected chi connectivity index (χ3v) is 2.87. The molecule has 13 heavy (non-hydrogen) atoms. The first kappa shape index (κ1) is 13.1. The van der Waals surface area contributed by atoms with Gasteiger partial charge in [-0.2, -0.15) is 0 Å². The van der Waals surface area contributed by atoms with Crippen molar-refractivity contribution in [2.45, 2.75) is 51.9 Å². The lowest BCUT2D eigenvalue weighted by Gasteiger charge is -2.23. The summed E-state index contributed by atoms with van der Waals surface area (Å²) in [6.45, 7) is 9.75. The van der Waals surface area contributed by atoms with Gasteiger partial charge in [-0.3, -0.25) is 0 Å². The van der Waals surface area contributed by atoms with Crippen LogP contribution < -0.4 is 0 Å². The minimum Gasteiger partial charge on any atom is -0.415 e. The van der Waals surface area contributed by atoms with Crippen LogP contribution in [0.1, 0.15) is 26.2 Å². The summed E-state index contributed by atoms with van der Waals surface area (Å²) in [6, 6.07) is 0. The van der Waals surface area contributed by atoms with Crippen molar-refractivity contribution in [1.82, 2.24) is 0 Å². The Morgan fingerprint density at radius 2 is 1.77 bits per heavy atom. The van der Waals surface area contributed by atoms with Crippen molar-refractivity contribution in [3.8, 4) is 0 Å². The molecule has 0 heterocycles. The Balaban J connectivity index is 3.35. The van der Waals surface area contributed by atoms with Crippen LogP contribution in [-0.4, -0.2) is 28.1 Å². The van der Waals surface area contributed by atoms with Crippen molar-refractivity contribution in [3.63, 3.8) is 0 Å². The molecular weight excluding hydrogens is 180 g/mol. The molecule has 0 aliphatic rings. The highest BCUT2D eigenvalue weighted by molar-refractivity contribution is 6.69. The molecule has 0 saturated carbocycles. The Morgan fingerprint density at radius 1 is 1.15 bits per heavy atom. The van der Waals surface area contributed by atoms with Crippen LogP contribution in [0.15, 0.2) is 0 Å². The normalized spacial score (nSPS) is 14.5. The van der Waals surface area contributed by atoms with Crippen LogP contribution in [0.5, 0.6) is 0 Å². The number of ether oxygens (including phenoxy) is 1. The summed E-state index contributed by atoms with van der Waals surface area (Å²) in [7, 11) is 0.432. The fraction of sp³-hybridized carbons (Fsp3) is 1.00. The third-order valence-electron chi connectivity index (χ3n) is 1.76. The van der Waals surface area contributed by atoms with E-state index in [9.17, 15) is 0 Å². The van der Waals surface area contributed by atoms with E-state index in [1.807, 2.05) is 0 Å². The lowest BCUT2D eigenvalue weighted by molar-refractivity contribution is 0.172. The lowest BCUT2D eigenvalue weighted by Crippen LogP contribution is -2.30. The number of unbranched alkanes of at least 4 members (excludes halogenated alkanes) is 1. The van der Waals surface area contributed by atoms with Crippen LogP contribution in [0, 0.1) is 0 Å². The smallest absolute Gasteiger partial charge is 0.184 e. The molecule has 0 aromatic rings. The molecule has 1 atom stereocenters. The van der Waals surface area contributed by atoms with Crippen LogP contribution in [0.25, 0.3) is 0 Å². The first-order chi connectivity index (χ1) is 5.95. The van der Waals surface area contributed by atoms with E-state index < -0.39 is 8.32 Å². The molecule has 2 nitrogen and oxygen atoms in total. The quantitative estimate of drug-likeness (QED) is 0.469. The summed E-state index contributed by atoms with van der Waals surface area (Å²) in [5.41, 5.74) is 0. The Labute approximate surface area is 83.8 Å². The van der Waals surface area contributed by atoms with E-state index in [0.717, 1.165) is 19.4 Å². The van der Waals surface area contributed by atoms with E-state index in [1.54, 1.807) is 7.11 Å². The van der Waals surface area contributed by atoms with Crippen LogP contribution in [-0.2, 0) is 9.16 Å². The molecule has 0 saturated heterocycles. The maximum Gasteiger partial charge on any atom is 0.184 e. The predicted octanol–water partition coefficient (Wildman–Crippen LogP) is 3.04. The van der Waals surface area contributed by atoms with Gasteiger partial charge in [0.15, 0.2) is 8.32 Å². The highest BCUT2D eigenvalue weighted by Crippen LogP contribution is 2.11. The van der Waals surface area contributed by atoms with Gasteiger partial charge in [-0.15, -0.1) is 0 Å². The Morgan fingerprint density at radius 3 is 2.23 bits per heavy atom. The van der Waals surface area contributed by atoms with Crippen molar-refractivity contribution < 1.29 is 9.16 Å². The molecule has 0 aliphatic carbocycles. The minimum absolute atomic E-state index is 0.420. The molecule has 0 rings (SSSR count). The van der Waals surface area contributed by atoms with Gasteiger partial charge in [0.1, 0.15) is 0 Å². The van der Waals surface area contributed by atoms with E-state index in [4.69, 9.17) is 9.16 Å². The second-order valence-electron chi connectivity index (χ2n) is 4.53. The zero-order chi connectivity index (χ0) is 10.3. The van der Waals surface area contributed by atoms with Gasteiger partial charge in [-0.05, 0) is 45.8 Å². The van der Waals surface area contributed by atoms with Gasteiger partial charge in [-0.1, -0.05) is 0 Å². The summed E-state index contributed by atoms with van der Waals surface area (Å²) < 4.78 is 10.9. The molecular formula is C10H24O2Si. The highest BCUT2D eigenvalue weighted by Gasteiger charge is 2.17. The van der Waals surface area contributed by atoms with Gasteiger partial charge >= 0.3 is 0 Å². The van der Waals surface area contributed by atoms with Gasteiger partial charge < -0.3 is 9.16 Å². The van der Waals surface area contributed by atoms with Crippen molar-refractivity contribution in [2.24, 2.45) is 0 Å². The zero-order valence-electron chi connectivity index (χ0n) is 9.72. The Bertz CT molecular complexity index is 121. The van der Waals surface area contributed by atoms with Gasteiger partial charge in [0.05, 0.1) is 0 Å². The van der Waals surface area contributed by atoms with Crippen molar-refractivity contribution in [3.05, 3.63) is 0 Å². The number of hydrogen-bond acceptors (Lipinski definition) is 2. The largest absolute Gasteiger partial charge is 0.415 e.